The number of aromatic hydroxyl groups is 1. The zero-order valence-corrected chi connectivity index (χ0v) is 11.3. The van der Waals surface area contributed by atoms with Crippen molar-refractivity contribution in [3.63, 3.8) is 0 Å². The lowest BCUT2D eigenvalue weighted by Crippen LogP contribution is -2.01. The summed E-state index contributed by atoms with van der Waals surface area (Å²) >= 11 is 17.7. The van der Waals surface area contributed by atoms with Crippen LogP contribution in [-0.2, 0) is 0 Å². The first-order valence-corrected chi connectivity index (χ1v) is 6.25. The van der Waals surface area contributed by atoms with Crippen LogP contribution in [0.2, 0.25) is 15.1 Å². The van der Waals surface area contributed by atoms with Crippen LogP contribution in [0.5, 0.6) is 5.75 Å². The van der Waals surface area contributed by atoms with Crippen molar-refractivity contribution in [2.45, 2.75) is 6.10 Å². The van der Waals surface area contributed by atoms with Crippen LogP contribution in [0.1, 0.15) is 17.2 Å². The van der Waals surface area contributed by atoms with Crippen LogP contribution in [0.25, 0.3) is 0 Å². The van der Waals surface area contributed by atoms with Gasteiger partial charge in [0.25, 0.3) is 0 Å². The lowest BCUT2D eigenvalue weighted by atomic mass is 10.0. The monoisotopic (exact) mass is 302 g/mol. The Balaban J connectivity index is 2.58. The lowest BCUT2D eigenvalue weighted by molar-refractivity contribution is 0.215. The van der Waals surface area contributed by atoms with Gasteiger partial charge in [0.1, 0.15) is 11.9 Å². The fraction of sp³-hybridized carbons (Fsp3) is 0.0769. The number of aliphatic hydroxyl groups is 1. The number of hydrogen-bond acceptors (Lipinski definition) is 2. The molecule has 0 aliphatic rings. The molecule has 0 heterocycles. The van der Waals surface area contributed by atoms with Gasteiger partial charge in [-0.2, -0.15) is 0 Å². The van der Waals surface area contributed by atoms with E-state index in [-0.39, 0.29) is 26.4 Å². The van der Waals surface area contributed by atoms with Crippen molar-refractivity contribution in [2.24, 2.45) is 0 Å². The van der Waals surface area contributed by atoms with Crippen LogP contribution in [0, 0.1) is 0 Å². The molecule has 0 aliphatic carbocycles. The van der Waals surface area contributed by atoms with Gasteiger partial charge in [0, 0.05) is 5.56 Å². The predicted octanol–water partition coefficient (Wildman–Crippen LogP) is 4.43. The molecule has 0 saturated carbocycles. The molecule has 2 aromatic carbocycles. The molecule has 0 fully saturated rings. The largest absolute Gasteiger partial charge is 0.506 e. The van der Waals surface area contributed by atoms with Crippen molar-refractivity contribution in [2.75, 3.05) is 0 Å². The second-order valence-electron chi connectivity index (χ2n) is 3.73. The van der Waals surface area contributed by atoms with Gasteiger partial charge in [-0.15, -0.1) is 0 Å². The van der Waals surface area contributed by atoms with Crippen molar-refractivity contribution in [1.82, 2.24) is 0 Å². The first kappa shape index (κ1) is 13.5. The Labute approximate surface area is 119 Å². The Morgan fingerprint density at radius 3 is 2.17 bits per heavy atom. The summed E-state index contributed by atoms with van der Waals surface area (Å²) in [4.78, 5) is 0. The molecule has 0 saturated heterocycles. The highest BCUT2D eigenvalue weighted by molar-refractivity contribution is 6.44. The quantitative estimate of drug-likeness (QED) is 0.806. The molecule has 0 aromatic heterocycles. The summed E-state index contributed by atoms with van der Waals surface area (Å²) in [5.41, 5.74) is 0.702. The molecular formula is C13H9Cl3O2. The first-order chi connectivity index (χ1) is 8.52. The average molecular weight is 304 g/mol. The Hall–Kier alpha value is -0.930. The molecule has 2 aromatic rings. The molecular weight excluding hydrogens is 295 g/mol. The van der Waals surface area contributed by atoms with Crippen molar-refractivity contribution >= 4 is 34.8 Å². The standard InChI is InChI=1S/C13H9Cl3O2/c14-8-6-9(15)13(18)10(11(8)16)12(17)7-4-2-1-3-5-7/h1-6,12,17-18H. The van der Waals surface area contributed by atoms with E-state index in [9.17, 15) is 10.2 Å². The summed E-state index contributed by atoms with van der Waals surface area (Å²) in [6.45, 7) is 0. The highest BCUT2D eigenvalue weighted by Crippen LogP contribution is 2.43. The van der Waals surface area contributed by atoms with Gasteiger partial charge in [-0.3, -0.25) is 0 Å². The minimum Gasteiger partial charge on any atom is -0.506 e. The maximum absolute atomic E-state index is 10.2. The minimum atomic E-state index is -1.09. The van der Waals surface area contributed by atoms with Gasteiger partial charge >= 0.3 is 0 Å². The van der Waals surface area contributed by atoms with Crippen molar-refractivity contribution < 1.29 is 10.2 Å². The Kier molecular flexibility index (Phi) is 4.03. The molecule has 0 radical (unpaired) electrons. The summed E-state index contributed by atoms with van der Waals surface area (Å²) < 4.78 is 0. The highest BCUT2D eigenvalue weighted by atomic mass is 35.5. The van der Waals surface area contributed by atoms with E-state index in [1.165, 1.54) is 6.07 Å². The number of rotatable bonds is 2. The third-order valence-electron chi connectivity index (χ3n) is 2.57. The van der Waals surface area contributed by atoms with E-state index in [0.717, 1.165) is 0 Å². The highest BCUT2D eigenvalue weighted by Gasteiger charge is 2.22. The molecule has 5 heteroatoms. The van der Waals surface area contributed by atoms with Gasteiger partial charge in [0.2, 0.25) is 0 Å². The van der Waals surface area contributed by atoms with Crippen molar-refractivity contribution in [1.29, 1.82) is 0 Å². The maximum atomic E-state index is 10.2. The van der Waals surface area contributed by atoms with Crippen LogP contribution >= 0.6 is 34.8 Å². The van der Waals surface area contributed by atoms with E-state index < -0.39 is 6.10 Å². The Bertz CT molecular complexity index is 544. The van der Waals surface area contributed by atoms with E-state index in [2.05, 4.69) is 0 Å². The molecule has 0 amide bonds. The predicted molar refractivity (Wildman–Crippen MR) is 73.6 cm³/mol. The van der Waals surface area contributed by atoms with Crippen molar-refractivity contribution in [3.8, 4) is 5.75 Å². The van der Waals surface area contributed by atoms with E-state index >= 15 is 0 Å². The SMILES string of the molecule is Oc1c(Cl)cc(Cl)c(Cl)c1C(O)c1ccccc1. The number of aliphatic hydroxyl groups excluding tert-OH is 1. The smallest absolute Gasteiger partial charge is 0.141 e. The molecule has 1 atom stereocenters. The van der Waals surface area contributed by atoms with Gasteiger partial charge in [0.15, 0.2) is 0 Å². The zero-order valence-electron chi connectivity index (χ0n) is 9.07. The van der Waals surface area contributed by atoms with E-state index in [1.54, 1.807) is 24.3 Å². The Morgan fingerprint density at radius 1 is 0.944 bits per heavy atom. The molecule has 2 rings (SSSR count). The molecule has 2 nitrogen and oxygen atoms in total. The second-order valence-corrected chi connectivity index (χ2v) is 4.92. The van der Waals surface area contributed by atoms with Gasteiger partial charge < -0.3 is 10.2 Å². The summed E-state index contributed by atoms with van der Waals surface area (Å²) in [5.74, 6) is -0.262. The molecule has 0 aliphatic heterocycles. The maximum Gasteiger partial charge on any atom is 0.141 e. The van der Waals surface area contributed by atoms with E-state index in [4.69, 9.17) is 34.8 Å². The second kappa shape index (κ2) is 5.37. The molecule has 0 spiro atoms. The number of phenolic OH excluding ortho intramolecular Hbond substituents is 1. The number of benzene rings is 2. The van der Waals surface area contributed by atoms with Crippen LogP contribution in [-0.4, -0.2) is 10.2 Å². The van der Waals surface area contributed by atoms with Crippen molar-refractivity contribution in [3.05, 3.63) is 62.6 Å². The molecule has 94 valence electrons. The van der Waals surface area contributed by atoms with Gasteiger partial charge in [-0.25, -0.2) is 0 Å². The first-order valence-electron chi connectivity index (χ1n) is 5.11. The fourth-order valence-electron chi connectivity index (χ4n) is 1.66. The minimum absolute atomic E-state index is 0.0504. The van der Waals surface area contributed by atoms with Gasteiger partial charge in [0.05, 0.1) is 15.1 Å². The van der Waals surface area contributed by atoms with Gasteiger partial charge in [-0.05, 0) is 11.6 Å². The normalized spacial score (nSPS) is 12.4. The summed E-state index contributed by atoms with van der Waals surface area (Å²) in [6, 6.07) is 10.1. The van der Waals surface area contributed by atoms with Crippen LogP contribution in [0.4, 0.5) is 0 Å². The zero-order chi connectivity index (χ0) is 13.3. The van der Waals surface area contributed by atoms with Crippen LogP contribution < -0.4 is 0 Å². The molecule has 18 heavy (non-hydrogen) atoms. The topological polar surface area (TPSA) is 40.5 Å². The van der Waals surface area contributed by atoms with E-state index in [1.807, 2.05) is 6.07 Å². The average Bonchev–Trinajstić information content (AvgIpc) is 2.37. The summed E-state index contributed by atoms with van der Waals surface area (Å²) in [6.07, 6.45) is -1.09. The molecule has 2 N–H and O–H groups in total. The van der Waals surface area contributed by atoms with Gasteiger partial charge in [-0.1, -0.05) is 65.1 Å². The third-order valence-corrected chi connectivity index (χ3v) is 3.66. The third kappa shape index (κ3) is 2.43. The number of halogens is 3. The summed E-state index contributed by atoms with van der Waals surface area (Å²) in [7, 11) is 0. The number of hydrogen-bond donors (Lipinski definition) is 2. The van der Waals surface area contributed by atoms with Crippen LogP contribution in [0.3, 0.4) is 0 Å². The summed E-state index contributed by atoms with van der Waals surface area (Å²) in [5, 5.41) is 20.5. The number of phenols is 1. The lowest BCUT2D eigenvalue weighted by Gasteiger charge is -2.16. The van der Waals surface area contributed by atoms with E-state index in [0.29, 0.717) is 5.56 Å². The molecule has 1 unspecified atom stereocenters. The fourth-order valence-corrected chi connectivity index (χ4v) is 2.38. The van der Waals surface area contributed by atoms with Crippen LogP contribution in [0.15, 0.2) is 36.4 Å². The Morgan fingerprint density at radius 2 is 1.56 bits per heavy atom. The molecule has 0 bridgehead atoms.